The number of carbonyl (C=O) groups excluding carboxylic acids is 2. The molecule has 0 aromatic heterocycles. The largest absolute Gasteiger partial charge is 0.434 e. The Morgan fingerprint density at radius 2 is 1.88 bits per heavy atom. The number of benzene rings is 2. The molecule has 0 spiro atoms. The van der Waals surface area contributed by atoms with Gasteiger partial charge in [-0.1, -0.05) is 60.4 Å². The molecule has 1 aliphatic rings. The molecule has 0 radical (unpaired) electrons. The Bertz CT molecular complexity index is 1030. The molecule has 2 aromatic carbocycles. The van der Waals surface area contributed by atoms with Crippen LogP contribution >= 0.6 is 24.0 Å². The van der Waals surface area contributed by atoms with E-state index in [1.54, 1.807) is 30.3 Å². The first-order chi connectivity index (χ1) is 15.9. The summed E-state index contributed by atoms with van der Waals surface area (Å²) < 4.78 is 30.1. The van der Waals surface area contributed by atoms with E-state index in [1.807, 2.05) is 18.2 Å². The van der Waals surface area contributed by atoms with Gasteiger partial charge in [0.25, 0.3) is 5.91 Å². The Labute approximate surface area is 199 Å². The Hall–Kier alpha value is -2.82. The number of aliphatic hydroxyl groups excluding tert-OH is 1. The topological polar surface area (TPSA) is 70.1 Å². The Morgan fingerprint density at radius 1 is 1.18 bits per heavy atom. The lowest BCUT2D eigenvalue weighted by Crippen LogP contribution is -2.35. The second-order valence-electron chi connectivity index (χ2n) is 6.96. The minimum atomic E-state index is -2.98. The fraction of sp³-hybridized carbons (Fsp3) is 0.261. The van der Waals surface area contributed by atoms with Gasteiger partial charge in [0.2, 0.25) is 5.91 Å². The summed E-state index contributed by atoms with van der Waals surface area (Å²) in [6.45, 7) is -2.73. The Morgan fingerprint density at radius 3 is 2.58 bits per heavy atom. The van der Waals surface area contributed by atoms with Crippen LogP contribution in [-0.2, 0) is 9.59 Å². The smallest absolute Gasteiger partial charge is 0.387 e. The molecular formula is C23H22F2N2O4S2. The van der Waals surface area contributed by atoms with Crippen molar-refractivity contribution in [3.63, 3.8) is 0 Å². The van der Waals surface area contributed by atoms with Crippen molar-refractivity contribution in [2.45, 2.75) is 19.5 Å². The number of carbonyl (C=O) groups is 2. The first-order valence-electron chi connectivity index (χ1n) is 10.2. The lowest BCUT2D eigenvalue weighted by molar-refractivity contribution is -0.123. The molecule has 6 nitrogen and oxygen atoms in total. The lowest BCUT2D eigenvalue weighted by atomic mass is 10.2. The predicted molar refractivity (Wildman–Crippen MR) is 128 cm³/mol. The van der Waals surface area contributed by atoms with Crippen LogP contribution < -0.4 is 9.64 Å². The van der Waals surface area contributed by atoms with Crippen LogP contribution in [0.4, 0.5) is 14.5 Å². The summed E-state index contributed by atoms with van der Waals surface area (Å²) in [5.41, 5.74) is 1.03. The van der Waals surface area contributed by atoms with Gasteiger partial charge >= 0.3 is 6.61 Å². The predicted octanol–water partition coefficient (Wildman–Crippen LogP) is 4.29. The quantitative estimate of drug-likeness (QED) is 0.394. The van der Waals surface area contributed by atoms with Crippen molar-refractivity contribution in [3.05, 3.63) is 65.1 Å². The van der Waals surface area contributed by atoms with E-state index < -0.39 is 6.61 Å². The molecule has 0 atom stereocenters. The number of amides is 2. The molecule has 2 aromatic rings. The van der Waals surface area contributed by atoms with Crippen LogP contribution in [0.15, 0.2) is 59.5 Å². The number of alkyl halides is 2. The number of para-hydroxylation sites is 2. The molecule has 33 heavy (non-hydrogen) atoms. The summed E-state index contributed by atoms with van der Waals surface area (Å²) in [6, 6.07) is 15.2. The highest BCUT2D eigenvalue weighted by Crippen LogP contribution is 2.34. The number of hydrogen-bond donors (Lipinski definition) is 1. The second-order valence-corrected chi connectivity index (χ2v) is 8.63. The third kappa shape index (κ3) is 6.59. The van der Waals surface area contributed by atoms with Crippen LogP contribution in [0, 0.1) is 0 Å². The molecule has 1 saturated heterocycles. The van der Waals surface area contributed by atoms with Crippen molar-refractivity contribution in [2.24, 2.45) is 0 Å². The van der Waals surface area contributed by atoms with E-state index in [1.165, 1.54) is 21.9 Å². The number of ether oxygens (including phenoxy) is 1. The molecule has 10 heteroatoms. The third-order valence-corrected chi connectivity index (χ3v) is 6.14. The fourth-order valence-electron chi connectivity index (χ4n) is 3.27. The van der Waals surface area contributed by atoms with Gasteiger partial charge < -0.3 is 14.7 Å². The van der Waals surface area contributed by atoms with Crippen LogP contribution in [0.25, 0.3) is 6.08 Å². The number of anilines is 1. The zero-order valence-electron chi connectivity index (χ0n) is 17.5. The van der Waals surface area contributed by atoms with Gasteiger partial charge in [0.1, 0.15) is 10.1 Å². The number of aliphatic hydroxyl groups is 1. The van der Waals surface area contributed by atoms with E-state index in [0.717, 1.165) is 11.8 Å². The summed E-state index contributed by atoms with van der Waals surface area (Å²) in [6.07, 6.45) is 2.01. The maximum atomic E-state index is 12.8. The van der Waals surface area contributed by atoms with Crippen molar-refractivity contribution < 1.29 is 28.2 Å². The van der Waals surface area contributed by atoms with E-state index in [0.29, 0.717) is 26.9 Å². The maximum absolute atomic E-state index is 12.8. The molecule has 0 unspecified atom stereocenters. The number of nitrogens with zero attached hydrogens (tertiary/aromatic N) is 2. The standard InChI is InChI=1S/C23H22F2N2O4S2/c24-22(25)31-18-10-5-4-7-16(18)15-19-21(30)27(23(32)33-19)12-6-11-20(29)26(13-14-28)17-8-2-1-3-9-17/h1-5,7-10,15,22,28H,6,11-14H2/b19-15-. The molecule has 0 aliphatic carbocycles. The summed E-state index contributed by atoms with van der Waals surface area (Å²) in [7, 11) is 0. The minimum absolute atomic E-state index is 0.0340. The summed E-state index contributed by atoms with van der Waals surface area (Å²) in [4.78, 5) is 28.7. The van der Waals surface area contributed by atoms with E-state index in [-0.39, 0.29) is 43.7 Å². The zero-order chi connectivity index (χ0) is 23.8. The Balaban J connectivity index is 1.63. The molecule has 0 saturated carbocycles. The first kappa shape index (κ1) is 24.8. The molecule has 0 bridgehead atoms. The van der Waals surface area contributed by atoms with E-state index >= 15 is 0 Å². The molecular weight excluding hydrogens is 470 g/mol. The van der Waals surface area contributed by atoms with Crippen molar-refractivity contribution in [2.75, 3.05) is 24.6 Å². The number of rotatable bonds is 10. The SMILES string of the molecule is O=C1/C(=C/c2ccccc2OC(F)F)SC(=S)N1CCCC(=O)N(CCO)c1ccccc1. The van der Waals surface area contributed by atoms with Gasteiger partial charge in [0.15, 0.2) is 0 Å². The highest BCUT2D eigenvalue weighted by Gasteiger charge is 2.32. The van der Waals surface area contributed by atoms with Gasteiger partial charge in [-0.2, -0.15) is 8.78 Å². The van der Waals surface area contributed by atoms with Gasteiger partial charge in [-0.25, -0.2) is 0 Å². The molecule has 1 aliphatic heterocycles. The van der Waals surface area contributed by atoms with Crippen molar-refractivity contribution in [1.29, 1.82) is 0 Å². The van der Waals surface area contributed by atoms with Gasteiger partial charge in [-0.3, -0.25) is 14.5 Å². The number of thiocarbonyl (C=S) groups is 1. The highest BCUT2D eigenvalue weighted by atomic mass is 32.2. The normalized spacial score (nSPS) is 14.9. The van der Waals surface area contributed by atoms with Crippen molar-refractivity contribution >= 4 is 51.9 Å². The second kappa shape index (κ2) is 11.9. The van der Waals surface area contributed by atoms with Crippen molar-refractivity contribution in [3.8, 4) is 5.75 Å². The third-order valence-electron chi connectivity index (χ3n) is 4.76. The van der Waals surface area contributed by atoms with E-state index in [2.05, 4.69) is 4.74 Å². The van der Waals surface area contributed by atoms with Crippen LogP contribution in [0.5, 0.6) is 5.75 Å². The molecule has 1 fully saturated rings. The van der Waals surface area contributed by atoms with Crippen LogP contribution in [0.2, 0.25) is 0 Å². The Kier molecular flexibility index (Phi) is 8.93. The van der Waals surface area contributed by atoms with Crippen LogP contribution in [0.1, 0.15) is 18.4 Å². The number of halogens is 2. The van der Waals surface area contributed by atoms with Crippen molar-refractivity contribution in [1.82, 2.24) is 4.90 Å². The van der Waals surface area contributed by atoms with Gasteiger partial charge in [-0.05, 0) is 30.7 Å². The summed E-state index contributed by atoms with van der Waals surface area (Å²) in [5, 5.41) is 9.31. The monoisotopic (exact) mass is 492 g/mol. The van der Waals surface area contributed by atoms with E-state index in [4.69, 9.17) is 12.2 Å². The van der Waals surface area contributed by atoms with Gasteiger partial charge in [0.05, 0.1) is 11.5 Å². The molecule has 3 rings (SSSR count). The maximum Gasteiger partial charge on any atom is 0.387 e. The number of thioether (sulfide) groups is 1. The van der Waals surface area contributed by atoms with Gasteiger partial charge in [-0.15, -0.1) is 0 Å². The summed E-state index contributed by atoms with van der Waals surface area (Å²) in [5.74, 6) is -0.554. The number of hydrogen-bond acceptors (Lipinski definition) is 6. The molecule has 2 amide bonds. The minimum Gasteiger partial charge on any atom is -0.434 e. The van der Waals surface area contributed by atoms with E-state index in [9.17, 15) is 23.5 Å². The summed E-state index contributed by atoms with van der Waals surface area (Å²) >= 11 is 6.38. The average Bonchev–Trinajstić information content (AvgIpc) is 3.06. The van der Waals surface area contributed by atoms with Crippen LogP contribution in [-0.4, -0.2) is 52.4 Å². The molecule has 174 valence electrons. The molecule has 1 heterocycles. The van der Waals surface area contributed by atoms with Crippen LogP contribution in [0.3, 0.4) is 0 Å². The average molecular weight is 493 g/mol. The fourth-order valence-corrected chi connectivity index (χ4v) is 4.57. The zero-order valence-corrected chi connectivity index (χ0v) is 19.2. The first-order valence-corrected chi connectivity index (χ1v) is 11.4. The lowest BCUT2D eigenvalue weighted by Gasteiger charge is -2.22. The molecule has 1 N–H and O–H groups in total. The van der Waals surface area contributed by atoms with Gasteiger partial charge in [0, 0.05) is 30.8 Å². The highest BCUT2D eigenvalue weighted by molar-refractivity contribution is 8.26.